The molecule has 6 heteroatoms. The fourth-order valence-corrected chi connectivity index (χ4v) is 2.63. The van der Waals surface area contributed by atoms with Gasteiger partial charge in [0.2, 0.25) is 0 Å². The summed E-state index contributed by atoms with van der Waals surface area (Å²) in [6, 6.07) is 12.2. The van der Waals surface area contributed by atoms with E-state index in [-0.39, 0.29) is 17.9 Å². The predicted octanol–water partition coefficient (Wildman–Crippen LogP) is 4.24. The molecule has 2 rings (SSSR count). The molecule has 132 valence electrons. The molecule has 0 fully saturated rings. The van der Waals surface area contributed by atoms with Gasteiger partial charge in [0.25, 0.3) is 11.8 Å². The number of rotatable bonds is 6. The van der Waals surface area contributed by atoms with Gasteiger partial charge < -0.3 is 15.4 Å². The molecule has 0 atom stereocenters. The molecule has 0 saturated heterocycles. The number of anilines is 1. The van der Waals surface area contributed by atoms with Crippen LogP contribution in [0.15, 0.2) is 46.9 Å². The Kier molecular flexibility index (Phi) is 6.58. The first-order chi connectivity index (χ1) is 11.9. The molecule has 0 aromatic heterocycles. The van der Waals surface area contributed by atoms with Gasteiger partial charge in [0.15, 0.2) is 0 Å². The van der Waals surface area contributed by atoms with Gasteiger partial charge in [-0.25, -0.2) is 0 Å². The Morgan fingerprint density at radius 1 is 1.08 bits per heavy atom. The van der Waals surface area contributed by atoms with E-state index in [4.69, 9.17) is 4.74 Å². The second-order valence-electron chi connectivity index (χ2n) is 5.67. The first-order valence-corrected chi connectivity index (χ1v) is 8.86. The number of para-hydroxylation sites is 1. The van der Waals surface area contributed by atoms with Crippen LogP contribution in [0.5, 0.6) is 5.75 Å². The summed E-state index contributed by atoms with van der Waals surface area (Å²) in [5.74, 6) is -0.0776. The van der Waals surface area contributed by atoms with Gasteiger partial charge in [-0.2, -0.15) is 0 Å². The van der Waals surface area contributed by atoms with Crippen molar-refractivity contribution in [3.05, 3.63) is 58.1 Å². The van der Waals surface area contributed by atoms with Crippen molar-refractivity contribution < 1.29 is 14.3 Å². The third-order valence-corrected chi connectivity index (χ3v) is 3.80. The molecular weight excluding hydrogens is 384 g/mol. The monoisotopic (exact) mass is 404 g/mol. The van der Waals surface area contributed by atoms with Crippen LogP contribution in [-0.4, -0.2) is 24.5 Å². The Morgan fingerprint density at radius 3 is 2.48 bits per heavy atom. The van der Waals surface area contributed by atoms with Gasteiger partial charge in [-0.05, 0) is 51.1 Å². The number of hydrogen-bond donors (Lipinski definition) is 2. The molecule has 0 heterocycles. The Morgan fingerprint density at radius 2 is 1.80 bits per heavy atom. The van der Waals surface area contributed by atoms with Gasteiger partial charge in [-0.1, -0.05) is 28.1 Å². The SMILES string of the molecule is CCNC(=O)c1ccccc1NC(=O)c1cc(Br)ccc1OC(C)C. The topological polar surface area (TPSA) is 67.4 Å². The molecule has 2 aromatic rings. The van der Waals surface area contributed by atoms with Crippen LogP contribution in [0.25, 0.3) is 0 Å². The molecule has 2 amide bonds. The summed E-state index contributed by atoms with van der Waals surface area (Å²) in [7, 11) is 0. The zero-order valence-electron chi connectivity index (χ0n) is 14.4. The van der Waals surface area contributed by atoms with Crippen molar-refractivity contribution in [2.45, 2.75) is 26.9 Å². The molecule has 5 nitrogen and oxygen atoms in total. The second-order valence-corrected chi connectivity index (χ2v) is 6.58. The largest absolute Gasteiger partial charge is 0.490 e. The number of ether oxygens (including phenoxy) is 1. The molecule has 0 saturated carbocycles. The van der Waals surface area contributed by atoms with E-state index in [2.05, 4.69) is 26.6 Å². The van der Waals surface area contributed by atoms with Crippen molar-refractivity contribution in [2.24, 2.45) is 0 Å². The van der Waals surface area contributed by atoms with E-state index in [1.54, 1.807) is 36.4 Å². The van der Waals surface area contributed by atoms with Crippen LogP contribution in [-0.2, 0) is 0 Å². The van der Waals surface area contributed by atoms with Gasteiger partial charge in [0.05, 0.1) is 22.9 Å². The fourth-order valence-electron chi connectivity index (χ4n) is 2.27. The molecule has 25 heavy (non-hydrogen) atoms. The number of halogens is 1. The summed E-state index contributed by atoms with van der Waals surface area (Å²) in [4.78, 5) is 24.9. The lowest BCUT2D eigenvalue weighted by Gasteiger charge is -2.15. The molecule has 0 spiro atoms. The lowest BCUT2D eigenvalue weighted by atomic mass is 10.1. The molecule has 0 aliphatic heterocycles. The third-order valence-electron chi connectivity index (χ3n) is 3.31. The van der Waals surface area contributed by atoms with Crippen molar-refractivity contribution in [2.75, 3.05) is 11.9 Å². The quantitative estimate of drug-likeness (QED) is 0.756. The second kappa shape index (κ2) is 8.67. The van der Waals surface area contributed by atoms with Crippen LogP contribution in [0.1, 0.15) is 41.5 Å². The highest BCUT2D eigenvalue weighted by atomic mass is 79.9. The highest BCUT2D eigenvalue weighted by molar-refractivity contribution is 9.10. The van der Waals surface area contributed by atoms with Crippen LogP contribution in [0.2, 0.25) is 0 Å². The van der Waals surface area contributed by atoms with E-state index in [1.807, 2.05) is 26.8 Å². The number of benzene rings is 2. The maximum absolute atomic E-state index is 12.8. The van der Waals surface area contributed by atoms with Crippen molar-refractivity contribution >= 4 is 33.4 Å². The van der Waals surface area contributed by atoms with Gasteiger partial charge in [-0.15, -0.1) is 0 Å². The smallest absolute Gasteiger partial charge is 0.259 e. The number of carbonyl (C=O) groups is 2. The molecule has 2 aromatic carbocycles. The van der Waals surface area contributed by atoms with Crippen LogP contribution in [0.3, 0.4) is 0 Å². The van der Waals surface area contributed by atoms with E-state index >= 15 is 0 Å². The first kappa shape index (κ1) is 19.0. The Bertz CT molecular complexity index is 775. The summed E-state index contributed by atoms with van der Waals surface area (Å²) in [5.41, 5.74) is 1.27. The van der Waals surface area contributed by atoms with E-state index in [1.165, 1.54) is 0 Å². The summed E-state index contributed by atoms with van der Waals surface area (Å²) >= 11 is 3.37. The highest BCUT2D eigenvalue weighted by Gasteiger charge is 2.17. The van der Waals surface area contributed by atoms with Crippen LogP contribution < -0.4 is 15.4 Å². The third kappa shape index (κ3) is 5.06. The van der Waals surface area contributed by atoms with Crippen molar-refractivity contribution in [1.82, 2.24) is 5.32 Å². The van der Waals surface area contributed by atoms with Crippen LogP contribution in [0.4, 0.5) is 5.69 Å². The molecule has 0 bridgehead atoms. The molecule has 2 N–H and O–H groups in total. The molecule has 0 radical (unpaired) electrons. The number of nitrogens with one attached hydrogen (secondary N) is 2. The molecule has 0 aliphatic rings. The Labute approximate surface area is 155 Å². The van der Waals surface area contributed by atoms with E-state index in [0.29, 0.717) is 29.1 Å². The van der Waals surface area contributed by atoms with Crippen LogP contribution in [0, 0.1) is 0 Å². The lowest BCUT2D eigenvalue weighted by Crippen LogP contribution is -2.25. The highest BCUT2D eigenvalue weighted by Crippen LogP contribution is 2.26. The van der Waals surface area contributed by atoms with Crippen LogP contribution >= 0.6 is 15.9 Å². The average Bonchev–Trinajstić information content (AvgIpc) is 2.56. The predicted molar refractivity (Wildman–Crippen MR) is 102 cm³/mol. The number of amides is 2. The first-order valence-electron chi connectivity index (χ1n) is 8.07. The van der Waals surface area contributed by atoms with Gasteiger partial charge in [-0.3, -0.25) is 9.59 Å². The number of carbonyl (C=O) groups excluding carboxylic acids is 2. The van der Waals surface area contributed by atoms with E-state index < -0.39 is 0 Å². The standard InChI is InChI=1S/C19H21BrN2O3/c1-4-21-18(23)14-7-5-6-8-16(14)22-19(24)15-11-13(20)9-10-17(15)25-12(2)3/h5-12H,4H2,1-3H3,(H,21,23)(H,22,24). The van der Waals surface area contributed by atoms with Gasteiger partial charge in [0, 0.05) is 11.0 Å². The summed E-state index contributed by atoms with van der Waals surface area (Å²) in [6.07, 6.45) is -0.0599. The summed E-state index contributed by atoms with van der Waals surface area (Å²) in [6.45, 7) is 6.15. The fraction of sp³-hybridized carbons (Fsp3) is 0.263. The maximum Gasteiger partial charge on any atom is 0.259 e. The molecule has 0 aliphatic carbocycles. The Balaban J connectivity index is 2.32. The van der Waals surface area contributed by atoms with E-state index in [9.17, 15) is 9.59 Å². The van der Waals surface area contributed by atoms with Gasteiger partial charge in [0.1, 0.15) is 5.75 Å². The van der Waals surface area contributed by atoms with Gasteiger partial charge >= 0.3 is 0 Å². The minimum Gasteiger partial charge on any atom is -0.490 e. The lowest BCUT2D eigenvalue weighted by molar-refractivity contribution is 0.0956. The average molecular weight is 405 g/mol. The van der Waals surface area contributed by atoms with Crippen molar-refractivity contribution in [3.63, 3.8) is 0 Å². The minimum absolute atomic E-state index is 0.0599. The Hall–Kier alpha value is -2.34. The minimum atomic E-state index is -0.339. The summed E-state index contributed by atoms with van der Waals surface area (Å²) < 4.78 is 6.48. The zero-order valence-corrected chi connectivity index (χ0v) is 16.0. The van der Waals surface area contributed by atoms with E-state index in [0.717, 1.165) is 4.47 Å². The number of hydrogen-bond acceptors (Lipinski definition) is 3. The summed E-state index contributed by atoms with van der Waals surface area (Å²) in [5, 5.41) is 5.55. The van der Waals surface area contributed by atoms with Crippen molar-refractivity contribution in [1.29, 1.82) is 0 Å². The van der Waals surface area contributed by atoms with Crippen molar-refractivity contribution in [3.8, 4) is 5.75 Å². The zero-order chi connectivity index (χ0) is 18.4. The maximum atomic E-state index is 12.8. The molecular formula is C19H21BrN2O3. The molecule has 0 unspecified atom stereocenters. The normalized spacial score (nSPS) is 10.4.